The van der Waals surface area contributed by atoms with Crippen molar-refractivity contribution >= 4 is 52.1 Å². The van der Waals surface area contributed by atoms with Crippen molar-refractivity contribution in [3.63, 3.8) is 0 Å². The molecule has 1 spiro atoms. The van der Waals surface area contributed by atoms with E-state index >= 15 is 0 Å². The number of piperidine rings is 2. The maximum atomic E-state index is 11.9. The summed E-state index contributed by atoms with van der Waals surface area (Å²) in [5.74, 6) is 3.29. The highest BCUT2D eigenvalue weighted by Crippen LogP contribution is 2.44. The fourth-order valence-electron chi connectivity index (χ4n) is 11.9. The summed E-state index contributed by atoms with van der Waals surface area (Å²) in [4.78, 5) is 23.5. The van der Waals surface area contributed by atoms with Crippen molar-refractivity contribution in [1.82, 2.24) is 40.0 Å². The molecule has 3 saturated heterocycles. The zero-order valence-electron chi connectivity index (χ0n) is 40.5. The number of carbonyl (C=O) groups excluding carboxylic acids is 1. The molecule has 16 heteroatoms. The van der Waals surface area contributed by atoms with E-state index in [1.54, 1.807) is 6.92 Å². The summed E-state index contributed by atoms with van der Waals surface area (Å²) in [7, 11) is 1.95. The number of nitrogens with one attached hydrogen (secondary N) is 1. The van der Waals surface area contributed by atoms with Crippen LogP contribution in [0, 0.1) is 29.6 Å². The van der Waals surface area contributed by atoms with Crippen molar-refractivity contribution in [3.05, 3.63) is 86.8 Å². The minimum Gasteiger partial charge on any atom is -0.473 e. The Balaban J connectivity index is 0.000000169. The lowest BCUT2D eigenvalue weighted by Gasteiger charge is -2.40. The molecule has 0 radical (unpaired) electrons. The SMILES string of the molecule is CC(=O)N1CCc2[nH]nc(N3CCCc4cc(-c5cnn(C)c5)c(C)cc43)c2C1.N#Cc1ccc(N2CCC3(CCN(c4nnc(OC5CCN(CC6CCCCC6)CC5)cc4Cl)CC3)C2)cc1Cl. The first-order valence-corrected chi connectivity index (χ1v) is 26.1. The van der Waals surface area contributed by atoms with Crippen LogP contribution in [0.4, 0.5) is 23.0 Å². The summed E-state index contributed by atoms with van der Waals surface area (Å²) in [5.41, 5.74) is 10.4. The third-order valence-corrected chi connectivity index (χ3v) is 16.5. The summed E-state index contributed by atoms with van der Waals surface area (Å²) in [6, 6.07) is 14.4. The predicted molar refractivity (Wildman–Crippen MR) is 273 cm³/mol. The van der Waals surface area contributed by atoms with Crippen LogP contribution < -0.4 is 19.4 Å². The zero-order chi connectivity index (χ0) is 47.6. The Morgan fingerprint density at radius 2 is 1.67 bits per heavy atom. The Morgan fingerprint density at radius 3 is 2.38 bits per heavy atom. The molecule has 4 fully saturated rings. The average Bonchev–Trinajstić information content (AvgIpc) is 4.11. The first kappa shape index (κ1) is 47.3. The number of hydrogen-bond acceptors (Lipinski definition) is 11. The van der Waals surface area contributed by atoms with Crippen LogP contribution >= 0.6 is 23.2 Å². The van der Waals surface area contributed by atoms with Crippen molar-refractivity contribution in [2.24, 2.45) is 18.4 Å². The molecule has 5 aliphatic heterocycles. The van der Waals surface area contributed by atoms with Crippen LogP contribution in [0.1, 0.15) is 106 Å². The molecule has 69 heavy (non-hydrogen) atoms. The van der Waals surface area contributed by atoms with E-state index in [2.05, 4.69) is 76.4 Å². The van der Waals surface area contributed by atoms with Crippen LogP contribution in [0.15, 0.2) is 48.8 Å². The van der Waals surface area contributed by atoms with Crippen LogP contribution in [0.25, 0.3) is 11.1 Å². The van der Waals surface area contributed by atoms with E-state index in [1.165, 1.54) is 61.0 Å². The molecular weight excluding hydrogens is 908 g/mol. The number of aryl methyl sites for hydroxylation is 3. The lowest BCUT2D eigenvalue weighted by molar-refractivity contribution is -0.129. The second-order valence-electron chi connectivity index (χ2n) is 20.6. The highest BCUT2D eigenvalue weighted by Gasteiger charge is 2.41. The van der Waals surface area contributed by atoms with Gasteiger partial charge in [-0.2, -0.15) is 15.5 Å². The topological polar surface area (TPSA) is 139 Å². The molecule has 1 saturated carbocycles. The normalized spacial score (nSPS) is 19.8. The number of nitrogens with zero attached hydrogens (tertiary/aromatic N) is 11. The second-order valence-corrected chi connectivity index (χ2v) is 21.4. The van der Waals surface area contributed by atoms with Gasteiger partial charge in [-0.3, -0.25) is 14.6 Å². The van der Waals surface area contributed by atoms with Gasteiger partial charge in [-0.1, -0.05) is 42.5 Å². The molecule has 11 rings (SSSR count). The summed E-state index contributed by atoms with van der Waals surface area (Å²) in [6.07, 6.45) is 19.6. The molecule has 0 unspecified atom stereocenters. The quantitative estimate of drug-likeness (QED) is 0.159. The van der Waals surface area contributed by atoms with Gasteiger partial charge in [0.15, 0.2) is 11.6 Å². The highest BCUT2D eigenvalue weighted by molar-refractivity contribution is 6.33. The number of H-pyrrole nitrogens is 1. The largest absolute Gasteiger partial charge is 0.473 e. The van der Waals surface area contributed by atoms with Crippen molar-refractivity contribution in [1.29, 1.82) is 5.26 Å². The lowest BCUT2D eigenvalue weighted by Crippen LogP contribution is -2.42. The van der Waals surface area contributed by atoms with Gasteiger partial charge in [0.2, 0.25) is 11.8 Å². The van der Waals surface area contributed by atoms with Crippen LogP contribution in [0.3, 0.4) is 0 Å². The number of carbonyl (C=O) groups is 1. The van der Waals surface area contributed by atoms with Gasteiger partial charge in [0.25, 0.3) is 0 Å². The van der Waals surface area contributed by atoms with E-state index in [0.717, 1.165) is 144 Å². The first-order valence-electron chi connectivity index (χ1n) is 25.3. The molecule has 8 heterocycles. The van der Waals surface area contributed by atoms with Gasteiger partial charge in [-0.05, 0) is 123 Å². The Bertz CT molecular complexity index is 2670. The Hall–Kier alpha value is -5.36. The minimum atomic E-state index is 0.124. The number of ether oxygens (including phenoxy) is 1. The van der Waals surface area contributed by atoms with Gasteiger partial charge < -0.3 is 29.2 Å². The second kappa shape index (κ2) is 20.5. The molecule has 364 valence electrons. The number of aromatic nitrogens is 6. The van der Waals surface area contributed by atoms with Gasteiger partial charge >= 0.3 is 0 Å². The van der Waals surface area contributed by atoms with Gasteiger partial charge in [-0.25, -0.2) is 0 Å². The summed E-state index contributed by atoms with van der Waals surface area (Å²) in [5, 5.41) is 31.5. The van der Waals surface area contributed by atoms with E-state index < -0.39 is 0 Å². The molecule has 0 bridgehead atoms. The molecule has 1 N–H and O–H groups in total. The van der Waals surface area contributed by atoms with Crippen LogP contribution in [-0.2, 0) is 31.2 Å². The number of aromatic amines is 1. The van der Waals surface area contributed by atoms with Crippen LogP contribution in [0.5, 0.6) is 5.88 Å². The predicted octanol–water partition coefficient (Wildman–Crippen LogP) is 9.68. The molecular formula is C53H66Cl2N12O2. The number of hydrogen-bond donors (Lipinski definition) is 1. The van der Waals surface area contributed by atoms with Crippen molar-refractivity contribution < 1.29 is 9.53 Å². The van der Waals surface area contributed by atoms with Crippen molar-refractivity contribution in [3.8, 4) is 23.1 Å². The summed E-state index contributed by atoms with van der Waals surface area (Å²) < 4.78 is 8.08. The molecule has 5 aromatic rings. The van der Waals surface area contributed by atoms with E-state index in [1.807, 2.05) is 47.1 Å². The molecule has 6 aliphatic rings. The number of anilines is 4. The summed E-state index contributed by atoms with van der Waals surface area (Å²) >= 11 is 13.0. The number of benzene rings is 2. The number of fused-ring (bicyclic) bond motifs is 2. The third kappa shape index (κ3) is 10.4. The molecule has 3 aromatic heterocycles. The zero-order valence-corrected chi connectivity index (χ0v) is 42.0. The molecule has 0 atom stereocenters. The number of halogens is 2. The van der Waals surface area contributed by atoms with Gasteiger partial charge in [-0.15, -0.1) is 10.2 Å². The maximum Gasteiger partial charge on any atom is 0.235 e. The molecule has 2 aromatic carbocycles. The standard InChI is InChI=1S/C31H40Cl2N6O.C22H26N6O/c32-27-18-25(7-6-24(27)20-34)39-17-12-31(22-39)10-15-38(16-11-31)30-28(33)19-29(35-36-30)40-26-8-13-37(14-9-26)21-23-4-2-1-3-5-23;1-14-9-21-16(10-18(14)17-11-23-26(3)12-17)5-4-7-28(21)22-19-13-27(15(2)29)8-6-20(19)24-25-22/h6-7,18-19,23,26H,1-5,8-17,21-22H2;9-12H,4-8,13H2,1-3H3,(H,24,25). The van der Waals surface area contributed by atoms with Gasteiger partial charge in [0, 0.05) is 120 Å². The Morgan fingerprint density at radius 1 is 0.884 bits per heavy atom. The number of rotatable bonds is 8. The van der Waals surface area contributed by atoms with Crippen LogP contribution in [0.2, 0.25) is 10.0 Å². The maximum absolute atomic E-state index is 11.9. The van der Waals surface area contributed by atoms with Gasteiger partial charge in [0.1, 0.15) is 12.2 Å². The van der Waals surface area contributed by atoms with Crippen molar-refractivity contribution in [2.45, 2.75) is 110 Å². The third-order valence-electron chi connectivity index (χ3n) is 15.9. The fourth-order valence-corrected chi connectivity index (χ4v) is 12.3. The highest BCUT2D eigenvalue weighted by atomic mass is 35.5. The lowest BCUT2D eigenvalue weighted by atomic mass is 9.78. The molecule has 14 nitrogen and oxygen atoms in total. The number of nitriles is 1. The van der Waals surface area contributed by atoms with Gasteiger partial charge in [0.05, 0.1) is 28.4 Å². The smallest absolute Gasteiger partial charge is 0.235 e. The average molecular weight is 974 g/mol. The van der Waals surface area contributed by atoms with E-state index in [0.29, 0.717) is 28.0 Å². The Labute approximate surface area is 416 Å². The van der Waals surface area contributed by atoms with Crippen molar-refractivity contribution in [2.75, 3.05) is 73.6 Å². The number of likely N-dealkylation sites (tertiary alicyclic amines) is 1. The van der Waals surface area contributed by atoms with E-state index in [4.69, 9.17) is 27.9 Å². The Kier molecular flexibility index (Phi) is 14.1. The first-order chi connectivity index (χ1) is 33.5. The monoisotopic (exact) mass is 972 g/mol. The molecule has 1 amide bonds. The minimum absolute atomic E-state index is 0.124. The number of amides is 1. The van der Waals surface area contributed by atoms with E-state index in [-0.39, 0.29) is 17.4 Å². The molecule has 1 aliphatic carbocycles. The summed E-state index contributed by atoms with van der Waals surface area (Å²) in [6.45, 7) is 13.4. The fraction of sp³-hybridized carbons (Fsp3) is 0.547. The van der Waals surface area contributed by atoms with Crippen LogP contribution in [-0.4, -0.2) is 111 Å². The van der Waals surface area contributed by atoms with E-state index in [9.17, 15) is 10.1 Å².